The Balaban J connectivity index is 2.28. The molecule has 51 heavy (non-hydrogen) atoms. The molecule has 8 atom stereocenters. The third-order valence-corrected chi connectivity index (χ3v) is 10.6. The molecule has 1 saturated heterocycles. The fourth-order valence-corrected chi connectivity index (χ4v) is 7.17. The van der Waals surface area contributed by atoms with Crippen LogP contribution in [0.4, 0.5) is 0 Å². The van der Waals surface area contributed by atoms with Gasteiger partial charge in [0.05, 0.1) is 42.2 Å². The first-order valence-corrected chi connectivity index (χ1v) is 18.2. The summed E-state index contributed by atoms with van der Waals surface area (Å²) in [6.45, 7) is 13.6. The molecule has 0 radical (unpaired) electrons. The summed E-state index contributed by atoms with van der Waals surface area (Å²) in [7, 11) is 6.61. The molecule has 2 rings (SSSR count). The van der Waals surface area contributed by atoms with Crippen molar-refractivity contribution in [3.63, 3.8) is 0 Å². The molecule has 0 aromatic heterocycles. The van der Waals surface area contributed by atoms with E-state index in [1.54, 1.807) is 39.8 Å². The molecule has 1 heterocycles. The fourth-order valence-electron chi connectivity index (χ4n) is 7.17. The van der Waals surface area contributed by atoms with Gasteiger partial charge in [0.2, 0.25) is 29.5 Å². The van der Waals surface area contributed by atoms with E-state index in [1.807, 2.05) is 56.1 Å². The van der Waals surface area contributed by atoms with Crippen molar-refractivity contribution in [1.82, 2.24) is 25.8 Å². The summed E-state index contributed by atoms with van der Waals surface area (Å²) in [6, 6.07) is 7.04. The van der Waals surface area contributed by atoms with Crippen molar-refractivity contribution in [2.45, 2.75) is 122 Å². The first kappa shape index (κ1) is 43.8. The molecule has 1 fully saturated rings. The molecule has 13 nitrogen and oxygen atoms in total. The predicted octanol–water partition coefficient (Wildman–Crippen LogP) is 2.26. The van der Waals surface area contributed by atoms with Crippen LogP contribution in [0.15, 0.2) is 30.3 Å². The second-order valence-electron chi connectivity index (χ2n) is 14.8. The van der Waals surface area contributed by atoms with E-state index in [0.717, 1.165) is 18.4 Å². The molecular formula is C38H64N6O7. The molecule has 0 bridgehead atoms. The number of hydrogen-bond acceptors (Lipinski definition) is 9. The van der Waals surface area contributed by atoms with E-state index in [4.69, 9.17) is 15.2 Å². The maximum absolute atomic E-state index is 14.2. The molecule has 288 valence electrons. The predicted molar refractivity (Wildman–Crippen MR) is 197 cm³/mol. The van der Waals surface area contributed by atoms with Crippen LogP contribution in [0.3, 0.4) is 0 Å². The van der Waals surface area contributed by atoms with Crippen molar-refractivity contribution < 1.29 is 33.4 Å². The zero-order valence-corrected chi connectivity index (χ0v) is 32.7. The Bertz CT molecular complexity index is 1310. The average molecular weight is 717 g/mol. The molecule has 13 heteroatoms. The highest BCUT2D eigenvalue weighted by Crippen LogP contribution is 2.30. The Labute approximate surface area is 305 Å². The molecule has 5 N–H and O–H groups in total. The SMILES string of the molecule is CC[C@H](C)[C@@H]([C@@H](CC(=O)N1CCC[C@H]1[C@H](OC)[C@@H](C)C(=O)N[C@@H](Cc1ccccc1)C(N)=O)OC)N(C)[C@H](C(=O)NC(=O)C(C)(C)NC)C(C)C. The van der Waals surface area contributed by atoms with Crippen LogP contribution in [0.5, 0.6) is 0 Å². The van der Waals surface area contributed by atoms with Crippen molar-refractivity contribution in [1.29, 1.82) is 0 Å². The number of amides is 5. The number of carbonyl (C=O) groups excluding carboxylic acids is 5. The van der Waals surface area contributed by atoms with Gasteiger partial charge in [0.25, 0.3) is 0 Å². The summed E-state index contributed by atoms with van der Waals surface area (Å²) in [5.74, 6) is -2.81. The largest absolute Gasteiger partial charge is 0.379 e. The van der Waals surface area contributed by atoms with E-state index in [2.05, 4.69) is 29.8 Å². The van der Waals surface area contributed by atoms with Gasteiger partial charge in [-0.25, -0.2) is 0 Å². The Morgan fingerprint density at radius 3 is 2.16 bits per heavy atom. The highest BCUT2D eigenvalue weighted by Gasteiger charge is 2.44. The van der Waals surface area contributed by atoms with Crippen molar-refractivity contribution in [3.8, 4) is 0 Å². The zero-order chi connectivity index (χ0) is 38.6. The van der Waals surface area contributed by atoms with Gasteiger partial charge in [-0.05, 0) is 58.2 Å². The van der Waals surface area contributed by atoms with E-state index in [9.17, 15) is 24.0 Å². The number of methoxy groups -OCH3 is 2. The molecule has 0 unspecified atom stereocenters. The van der Waals surface area contributed by atoms with Crippen molar-refractivity contribution in [2.24, 2.45) is 23.5 Å². The molecule has 5 amide bonds. The van der Waals surface area contributed by atoms with Gasteiger partial charge in [-0.15, -0.1) is 0 Å². The van der Waals surface area contributed by atoms with Gasteiger partial charge in [-0.2, -0.15) is 0 Å². The minimum absolute atomic E-state index is 0.0326. The Kier molecular flexibility index (Phi) is 17.2. The number of imide groups is 1. The highest BCUT2D eigenvalue weighted by molar-refractivity contribution is 6.01. The number of primary amides is 1. The van der Waals surface area contributed by atoms with E-state index in [-0.39, 0.29) is 48.6 Å². The molecule has 1 aromatic rings. The maximum Gasteiger partial charge on any atom is 0.246 e. The van der Waals surface area contributed by atoms with Gasteiger partial charge in [0, 0.05) is 33.2 Å². The standard InChI is InChI=1S/C38H64N6O7/c1-12-24(4)32(43(9)31(23(2)3)36(48)42-37(49)38(6,7)40-8)29(50-10)22-30(45)44-20-16-19-28(44)33(51-11)25(5)35(47)41-27(34(39)46)21-26-17-14-13-15-18-26/h13-15,17-18,23-25,27-29,31-33,40H,12,16,19-22H2,1-11H3,(H2,39,46)(H,41,47)(H,42,48,49)/t24-,25+,27-,28-,29+,31-,32-,33+/m0/s1. The number of nitrogens with two attached hydrogens (primary N) is 1. The lowest BCUT2D eigenvalue weighted by Crippen LogP contribution is -2.61. The monoisotopic (exact) mass is 716 g/mol. The first-order chi connectivity index (χ1) is 23.9. The summed E-state index contributed by atoms with van der Waals surface area (Å²) in [6.07, 6.45) is 1.24. The van der Waals surface area contributed by atoms with Crippen LogP contribution in [0.1, 0.15) is 79.7 Å². The van der Waals surface area contributed by atoms with E-state index < -0.39 is 53.5 Å². The third kappa shape index (κ3) is 11.6. The number of nitrogens with one attached hydrogen (secondary N) is 3. The zero-order valence-electron chi connectivity index (χ0n) is 32.7. The van der Waals surface area contributed by atoms with Crippen LogP contribution in [-0.4, -0.2) is 116 Å². The maximum atomic E-state index is 14.2. The van der Waals surface area contributed by atoms with Gasteiger partial charge >= 0.3 is 0 Å². The average Bonchev–Trinajstić information content (AvgIpc) is 3.57. The summed E-state index contributed by atoms with van der Waals surface area (Å²) >= 11 is 0. The quantitative estimate of drug-likeness (QED) is 0.158. The van der Waals surface area contributed by atoms with Crippen molar-refractivity contribution in [2.75, 3.05) is 34.9 Å². The number of likely N-dealkylation sites (N-methyl/N-ethyl adjacent to an activating group) is 2. The molecule has 1 aromatic carbocycles. The summed E-state index contributed by atoms with van der Waals surface area (Å²) in [5.41, 5.74) is 5.59. The second-order valence-corrected chi connectivity index (χ2v) is 14.8. The lowest BCUT2D eigenvalue weighted by atomic mass is 9.87. The van der Waals surface area contributed by atoms with E-state index in [1.165, 1.54) is 7.11 Å². The summed E-state index contributed by atoms with van der Waals surface area (Å²) in [4.78, 5) is 70.2. The minimum atomic E-state index is -0.941. The third-order valence-electron chi connectivity index (χ3n) is 10.6. The Morgan fingerprint density at radius 1 is 1.02 bits per heavy atom. The lowest BCUT2D eigenvalue weighted by molar-refractivity contribution is -0.144. The number of benzene rings is 1. The molecule has 0 spiro atoms. The molecule has 0 aliphatic carbocycles. The van der Waals surface area contributed by atoms with Crippen LogP contribution >= 0.6 is 0 Å². The number of rotatable bonds is 20. The molecule has 0 saturated carbocycles. The smallest absolute Gasteiger partial charge is 0.246 e. The lowest BCUT2D eigenvalue weighted by Gasteiger charge is -2.43. The number of hydrogen-bond donors (Lipinski definition) is 4. The first-order valence-electron chi connectivity index (χ1n) is 18.2. The van der Waals surface area contributed by atoms with Crippen molar-refractivity contribution >= 4 is 29.5 Å². The highest BCUT2D eigenvalue weighted by atomic mass is 16.5. The second kappa shape index (κ2) is 20.0. The number of ether oxygens (including phenoxy) is 2. The summed E-state index contributed by atoms with van der Waals surface area (Å²) in [5, 5.41) is 8.33. The minimum Gasteiger partial charge on any atom is -0.379 e. The van der Waals surface area contributed by atoms with Crippen LogP contribution < -0.4 is 21.7 Å². The van der Waals surface area contributed by atoms with Crippen LogP contribution in [-0.2, 0) is 39.9 Å². The molecule has 1 aliphatic heterocycles. The Hall–Kier alpha value is -3.39. The van der Waals surface area contributed by atoms with Gasteiger partial charge < -0.3 is 30.7 Å². The van der Waals surface area contributed by atoms with Gasteiger partial charge in [0.1, 0.15) is 6.04 Å². The van der Waals surface area contributed by atoms with Crippen LogP contribution in [0.2, 0.25) is 0 Å². The number of likely N-dealkylation sites (tertiary alicyclic amines) is 1. The topological polar surface area (TPSA) is 172 Å². The van der Waals surface area contributed by atoms with Gasteiger partial charge in [-0.1, -0.05) is 71.4 Å². The van der Waals surface area contributed by atoms with Crippen molar-refractivity contribution in [3.05, 3.63) is 35.9 Å². The van der Waals surface area contributed by atoms with Crippen LogP contribution in [0.25, 0.3) is 0 Å². The van der Waals surface area contributed by atoms with Crippen LogP contribution in [0, 0.1) is 17.8 Å². The van der Waals surface area contributed by atoms with E-state index in [0.29, 0.717) is 13.0 Å². The summed E-state index contributed by atoms with van der Waals surface area (Å²) < 4.78 is 11.9. The number of nitrogens with zero attached hydrogens (tertiary/aromatic N) is 2. The molecule has 1 aliphatic rings. The fraction of sp³-hybridized carbons (Fsp3) is 0.711. The van der Waals surface area contributed by atoms with Gasteiger partial charge in [-0.3, -0.25) is 34.2 Å². The normalized spacial score (nSPS) is 19.2. The van der Waals surface area contributed by atoms with Gasteiger partial charge in [0.15, 0.2) is 0 Å². The molecular weight excluding hydrogens is 652 g/mol. The van der Waals surface area contributed by atoms with E-state index >= 15 is 0 Å². The number of carbonyl (C=O) groups is 5. The Morgan fingerprint density at radius 2 is 1.65 bits per heavy atom.